The summed E-state index contributed by atoms with van der Waals surface area (Å²) in [4.78, 5) is 12.2. The maximum Gasteiger partial charge on any atom is 0.287 e. The van der Waals surface area contributed by atoms with Gasteiger partial charge >= 0.3 is 0 Å². The zero-order valence-corrected chi connectivity index (χ0v) is 14.4. The second-order valence-corrected chi connectivity index (χ2v) is 5.36. The van der Waals surface area contributed by atoms with E-state index in [1.54, 1.807) is 33.3 Å². The summed E-state index contributed by atoms with van der Waals surface area (Å²) in [5.74, 6) is 1.99. The zero-order chi connectivity index (χ0) is 17.5. The van der Waals surface area contributed by atoms with Crippen LogP contribution < -0.4 is 14.8 Å². The number of carbonyl (C=O) groups is 1. The summed E-state index contributed by atoms with van der Waals surface area (Å²) in [5, 5.41) is 2.90. The molecule has 0 unspecified atom stereocenters. The van der Waals surface area contributed by atoms with Crippen molar-refractivity contribution in [2.24, 2.45) is 0 Å². The van der Waals surface area contributed by atoms with Crippen LogP contribution in [0.4, 0.5) is 0 Å². The molecule has 1 amide bonds. The van der Waals surface area contributed by atoms with Gasteiger partial charge in [-0.2, -0.15) is 0 Å². The van der Waals surface area contributed by atoms with E-state index in [0.29, 0.717) is 36.2 Å². The molecule has 6 nitrogen and oxygen atoms in total. The second-order valence-electron chi connectivity index (χ2n) is 5.36. The van der Waals surface area contributed by atoms with Gasteiger partial charge in [-0.1, -0.05) is 6.07 Å². The summed E-state index contributed by atoms with van der Waals surface area (Å²) >= 11 is 0. The highest BCUT2D eigenvalue weighted by Gasteiger charge is 2.16. The molecule has 0 radical (unpaired) electrons. The van der Waals surface area contributed by atoms with Crippen molar-refractivity contribution in [2.45, 2.75) is 19.9 Å². The molecule has 1 heterocycles. The molecule has 0 bridgehead atoms. The normalized spacial score (nSPS) is 11.8. The first-order valence-electron chi connectivity index (χ1n) is 7.72. The molecule has 2 aromatic rings. The van der Waals surface area contributed by atoms with E-state index < -0.39 is 0 Å². The van der Waals surface area contributed by atoms with Gasteiger partial charge in [0.15, 0.2) is 17.3 Å². The lowest BCUT2D eigenvalue weighted by Crippen LogP contribution is -2.26. The Kier molecular flexibility index (Phi) is 6.26. The van der Waals surface area contributed by atoms with Crippen molar-refractivity contribution in [3.63, 3.8) is 0 Å². The van der Waals surface area contributed by atoms with Crippen LogP contribution in [-0.4, -0.2) is 33.3 Å². The molecule has 24 heavy (non-hydrogen) atoms. The van der Waals surface area contributed by atoms with Crippen LogP contribution in [0.25, 0.3) is 0 Å². The van der Waals surface area contributed by atoms with Crippen LogP contribution in [0.3, 0.4) is 0 Å². The number of rotatable bonds is 8. The monoisotopic (exact) mass is 333 g/mol. The predicted octanol–water partition coefficient (Wildman–Crippen LogP) is 3.11. The Labute approximate surface area is 141 Å². The average molecular weight is 333 g/mol. The van der Waals surface area contributed by atoms with E-state index in [-0.39, 0.29) is 11.9 Å². The summed E-state index contributed by atoms with van der Waals surface area (Å²) < 4.78 is 21.3. The molecule has 1 atom stereocenters. The minimum atomic E-state index is -0.255. The molecule has 6 heteroatoms. The molecule has 0 aliphatic rings. The van der Waals surface area contributed by atoms with Crippen molar-refractivity contribution in [3.8, 4) is 11.5 Å². The molecule has 1 aromatic carbocycles. The molecule has 0 aliphatic carbocycles. The van der Waals surface area contributed by atoms with E-state index in [9.17, 15) is 4.79 Å². The van der Waals surface area contributed by atoms with Gasteiger partial charge in [0, 0.05) is 7.11 Å². The Balaban J connectivity index is 2.06. The molecule has 1 N–H and O–H groups in total. The SMILES string of the molecule is COCCOc1ccc([C@@H](C)NC(=O)c2ccc(C)o2)cc1OC. The summed E-state index contributed by atoms with van der Waals surface area (Å²) in [5.41, 5.74) is 0.905. The molecule has 0 fully saturated rings. The van der Waals surface area contributed by atoms with Crippen LogP contribution in [0.2, 0.25) is 0 Å². The van der Waals surface area contributed by atoms with Crippen molar-refractivity contribution >= 4 is 5.91 Å². The molecule has 0 spiro atoms. The van der Waals surface area contributed by atoms with E-state index in [4.69, 9.17) is 18.6 Å². The average Bonchev–Trinajstić information content (AvgIpc) is 3.01. The van der Waals surface area contributed by atoms with Gasteiger partial charge in [0.25, 0.3) is 5.91 Å². The summed E-state index contributed by atoms with van der Waals surface area (Å²) in [6, 6.07) is 8.77. The smallest absolute Gasteiger partial charge is 0.287 e. The van der Waals surface area contributed by atoms with E-state index >= 15 is 0 Å². The van der Waals surface area contributed by atoms with Gasteiger partial charge in [0.1, 0.15) is 12.4 Å². The molecular formula is C18H23NO5. The predicted molar refractivity (Wildman–Crippen MR) is 89.7 cm³/mol. The van der Waals surface area contributed by atoms with Gasteiger partial charge in [-0.3, -0.25) is 4.79 Å². The Morgan fingerprint density at radius 1 is 1.17 bits per heavy atom. The van der Waals surface area contributed by atoms with Crippen LogP contribution in [0.15, 0.2) is 34.7 Å². The number of amides is 1. The summed E-state index contributed by atoms with van der Waals surface area (Å²) in [6.45, 7) is 4.64. The van der Waals surface area contributed by atoms with Gasteiger partial charge < -0.3 is 23.9 Å². The maximum atomic E-state index is 12.2. The van der Waals surface area contributed by atoms with Gasteiger partial charge in [-0.15, -0.1) is 0 Å². The molecule has 0 saturated heterocycles. The molecule has 2 rings (SSSR count). The Bertz CT molecular complexity index is 680. The first-order valence-corrected chi connectivity index (χ1v) is 7.72. The number of aryl methyl sites for hydroxylation is 1. The molecule has 130 valence electrons. The molecule has 0 aliphatic heterocycles. The van der Waals surface area contributed by atoms with Crippen molar-refractivity contribution in [3.05, 3.63) is 47.4 Å². The van der Waals surface area contributed by atoms with E-state index in [1.807, 2.05) is 25.1 Å². The molecule has 0 saturated carbocycles. The third-order valence-electron chi connectivity index (χ3n) is 3.54. The number of benzene rings is 1. The summed E-state index contributed by atoms with van der Waals surface area (Å²) in [7, 11) is 3.20. The van der Waals surface area contributed by atoms with Crippen LogP contribution in [0.1, 0.15) is 34.8 Å². The number of ether oxygens (including phenoxy) is 3. The Morgan fingerprint density at radius 2 is 1.96 bits per heavy atom. The fourth-order valence-corrected chi connectivity index (χ4v) is 2.22. The van der Waals surface area contributed by atoms with Crippen LogP contribution in [0.5, 0.6) is 11.5 Å². The quantitative estimate of drug-likeness (QED) is 0.752. The molecule has 1 aromatic heterocycles. The molecular weight excluding hydrogens is 310 g/mol. The number of carbonyl (C=O) groups excluding carboxylic acids is 1. The zero-order valence-electron chi connectivity index (χ0n) is 14.4. The fraction of sp³-hybridized carbons (Fsp3) is 0.389. The largest absolute Gasteiger partial charge is 0.493 e. The standard InChI is InChI=1S/C18H23NO5/c1-12-5-7-16(24-12)18(20)19-13(2)14-6-8-15(17(11-14)22-4)23-10-9-21-3/h5-8,11,13H,9-10H2,1-4H3,(H,19,20)/t13-/m1/s1. The lowest BCUT2D eigenvalue weighted by Gasteiger charge is -2.16. The number of methoxy groups -OCH3 is 2. The van der Waals surface area contributed by atoms with Crippen molar-refractivity contribution < 1.29 is 23.4 Å². The highest BCUT2D eigenvalue weighted by Crippen LogP contribution is 2.30. The van der Waals surface area contributed by atoms with Crippen molar-refractivity contribution in [2.75, 3.05) is 27.4 Å². The fourth-order valence-electron chi connectivity index (χ4n) is 2.22. The Hall–Kier alpha value is -2.47. The second kappa shape index (κ2) is 8.40. The lowest BCUT2D eigenvalue weighted by atomic mass is 10.1. The van der Waals surface area contributed by atoms with Crippen molar-refractivity contribution in [1.82, 2.24) is 5.32 Å². The number of nitrogens with one attached hydrogen (secondary N) is 1. The minimum Gasteiger partial charge on any atom is -0.493 e. The lowest BCUT2D eigenvalue weighted by molar-refractivity contribution is 0.0910. The third-order valence-corrected chi connectivity index (χ3v) is 3.54. The first-order chi connectivity index (χ1) is 11.5. The topological polar surface area (TPSA) is 69.9 Å². The maximum absolute atomic E-state index is 12.2. The van der Waals surface area contributed by atoms with E-state index in [1.165, 1.54) is 0 Å². The minimum absolute atomic E-state index is 0.204. The number of furan rings is 1. The third kappa shape index (κ3) is 4.52. The highest BCUT2D eigenvalue weighted by atomic mass is 16.5. The summed E-state index contributed by atoms with van der Waals surface area (Å²) in [6.07, 6.45) is 0. The number of hydrogen-bond donors (Lipinski definition) is 1. The van der Waals surface area contributed by atoms with Crippen LogP contribution in [-0.2, 0) is 4.74 Å². The first kappa shape index (κ1) is 17.9. The highest BCUT2D eigenvalue weighted by molar-refractivity contribution is 5.91. The van der Waals surface area contributed by atoms with Crippen LogP contribution in [0, 0.1) is 6.92 Å². The van der Waals surface area contributed by atoms with Crippen LogP contribution >= 0.6 is 0 Å². The van der Waals surface area contributed by atoms with Gasteiger partial charge in [0.05, 0.1) is 19.8 Å². The van der Waals surface area contributed by atoms with Gasteiger partial charge in [-0.25, -0.2) is 0 Å². The van der Waals surface area contributed by atoms with Gasteiger partial charge in [0.2, 0.25) is 0 Å². The van der Waals surface area contributed by atoms with Gasteiger partial charge in [-0.05, 0) is 43.7 Å². The van der Waals surface area contributed by atoms with E-state index in [2.05, 4.69) is 5.32 Å². The number of hydrogen-bond acceptors (Lipinski definition) is 5. The van der Waals surface area contributed by atoms with E-state index in [0.717, 1.165) is 5.56 Å². The van der Waals surface area contributed by atoms with Crippen molar-refractivity contribution in [1.29, 1.82) is 0 Å². The Morgan fingerprint density at radius 3 is 2.58 bits per heavy atom.